The van der Waals surface area contributed by atoms with Gasteiger partial charge in [-0.15, -0.1) is 0 Å². The van der Waals surface area contributed by atoms with Crippen LogP contribution in [0.5, 0.6) is 5.75 Å². The first-order chi connectivity index (χ1) is 13.5. The molecule has 1 amide bonds. The summed E-state index contributed by atoms with van der Waals surface area (Å²) in [6.45, 7) is 10.00. The topological polar surface area (TPSA) is 41.6 Å². The third kappa shape index (κ3) is 5.59. The van der Waals surface area contributed by atoms with Crippen molar-refractivity contribution in [1.29, 1.82) is 0 Å². The summed E-state index contributed by atoms with van der Waals surface area (Å²) in [4.78, 5) is 15.1. The highest BCUT2D eigenvalue weighted by atomic mass is 16.5. The lowest BCUT2D eigenvalue weighted by atomic mass is 10.1. The molecule has 1 aliphatic rings. The second-order valence-electron chi connectivity index (χ2n) is 7.78. The SMILES string of the molecule is CCC(Oc1ccc(C)c(C)c1)C(=O)NCc1cccc(CN2CCCC2)c1. The molecule has 150 valence electrons. The maximum Gasteiger partial charge on any atom is 0.261 e. The van der Waals surface area contributed by atoms with E-state index in [0.29, 0.717) is 13.0 Å². The number of aryl methyl sites for hydroxylation is 2. The molecule has 1 heterocycles. The summed E-state index contributed by atoms with van der Waals surface area (Å²) in [5, 5.41) is 3.04. The number of nitrogens with zero attached hydrogens (tertiary/aromatic N) is 1. The van der Waals surface area contributed by atoms with Gasteiger partial charge in [-0.1, -0.05) is 37.3 Å². The summed E-state index contributed by atoms with van der Waals surface area (Å²) in [5.74, 6) is 0.684. The summed E-state index contributed by atoms with van der Waals surface area (Å²) in [5.41, 5.74) is 4.83. The minimum atomic E-state index is -0.477. The molecule has 0 radical (unpaired) electrons. The summed E-state index contributed by atoms with van der Waals surface area (Å²) < 4.78 is 5.94. The normalized spacial score (nSPS) is 15.4. The minimum Gasteiger partial charge on any atom is -0.481 e. The Hall–Kier alpha value is -2.33. The van der Waals surface area contributed by atoms with Crippen molar-refractivity contribution in [3.63, 3.8) is 0 Å². The van der Waals surface area contributed by atoms with E-state index in [4.69, 9.17) is 4.74 Å². The van der Waals surface area contributed by atoms with Crippen molar-refractivity contribution in [1.82, 2.24) is 10.2 Å². The molecular weight excluding hydrogens is 348 g/mol. The number of rotatable bonds is 8. The van der Waals surface area contributed by atoms with E-state index in [9.17, 15) is 4.79 Å². The van der Waals surface area contributed by atoms with Gasteiger partial charge in [-0.25, -0.2) is 0 Å². The number of ether oxygens (including phenoxy) is 1. The van der Waals surface area contributed by atoms with Crippen molar-refractivity contribution >= 4 is 5.91 Å². The molecule has 2 aromatic rings. The zero-order valence-corrected chi connectivity index (χ0v) is 17.3. The Labute approximate surface area is 168 Å². The number of carbonyl (C=O) groups is 1. The van der Waals surface area contributed by atoms with E-state index in [1.165, 1.54) is 42.6 Å². The van der Waals surface area contributed by atoms with Crippen LogP contribution in [-0.4, -0.2) is 30.0 Å². The van der Waals surface area contributed by atoms with Crippen LogP contribution >= 0.6 is 0 Å². The predicted octanol–water partition coefficient (Wildman–Crippen LogP) is 4.37. The van der Waals surface area contributed by atoms with Crippen LogP contribution < -0.4 is 10.1 Å². The van der Waals surface area contributed by atoms with Gasteiger partial charge < -0.3 is 10.1 Å². The summed E-state index contributed by atoms with van der Waals surface area (Å²) in [6.07, 6.45) is 2.76. The fourth-order valence-electron chi connectivity index (χ4n) is 3.61. The van der Waals surface area contributed by atoms with Crippen molar-refractivity contribution in [2.45, 2.75) is 59.2 Å². The van der Waals surface area contributed by atoms with Crippen LogP contribution in [0.15, 0.2) is 42.5 Å². The highest BCUT2D eigenvalue weighted by Crippen LogP contribution is 2.19. The molecule has 4 nitrogen and oxygen atoms in total. The van der Waals surface area contributed by atoms with Crippen LogP contribution in [0.1, 0.15) is 48.4 Å². The molecule has 0 spiro atoms. The van der Waals surface area contributed by atoms with Crippen molar-refractivity contribution in [3.05, 3.63) is 64.7 Å². The van der Waals surface area contributed by atoms with Gasteiger partial charge >= 0.3 is 0 Å². The molecule has 28 heavy (non-hydrogen) atoms. The summed E-state index contributed by atoms with van der Waals surface area (Å²) in [7, 11) is 0. The first-order valence-electron chi connectivity index (χ1n) is 10.4. The van der Waals surface area contributed by atoms with Crippen LogP contribution in [-0.2, 0) is 17.9 Å². The van der Waals surface area contributed by atoms with E-state index < -0.39 is 6.10 Å². The van der Waals surface area contributed by atoms with E-state index in [1.807, 2.05) is 25.1 Å². The number of likely N-dealkylation sites (tertiary alicyclic amines) is 1. The van der Waals surface area contributed by atoms with Crippen LogP contribution in [0.3, 0.4) is 0 Å². The van der Waals surface area contributed by atoms with Gasteiger partial charge in [0.2, 0.25) is 0 Å². The van der Waals surface area contributed by atoms with Gasteiger partial charge in [0.05, 0.1) is 0 Å². The molecule has 2 aromatic carbocycles. The van der Waals surface area contributed by atoms with Gasteiger partial charge in [-0.05, 0) is 80.6 Å². The fraction of sp³-hybridized carbons (Fsp3) is 0.458. The monoisotopic (exact) mass is 380 g/mol. The van der Waals surface area contributed by atoms with Gasteiger partial charge in [-0.3, -0.25) is 9.69 Å². The Morgan fingerprint density at radius 2 is 1.82 bits per heavy atom. The number of hydrogen-bond donors (Lipinski definition) is 1. The molecular formula is C24H32N2O2. The van der Waals surface area contributed by atoms with Gasteiger partial charge in [0.1, 0.15) is 5.75 Å². The largest absolute Gasteiger partial charge is 0.481 e. The van der Waals surface area contributed by atoms with E-state index in [1.54, 1.807) is 0 Å². The highest BCUT2D eigenvalue weighted by Gasteiger charge is 2.18. The van der Waals surface area contributed by atoms with Crippen LogP contribution in [0.25, 0.3) is 0 Å². The van der Waals surface area contributed by atoms with Crippen molar-refractivity contribution in [3.8, 4) is 5.75 Å². The Balaban J connectivity index is 1.55. The maximum absolute atomic E-state index is 12.6. The zero-order chi connectivity index (χ0) is 19.9. The van der Waals surface area contributed by atoms with Crippen molar-refractivity contribution in [2.24, 2.45) is 0 Å². The van der Waals surface area contributed by atoms with Gasteiger partial charge in [-0.2, -0.15) is 0 Å². The molecule has 1 atom stereocenters. The molecule has 0 aliphatic carbocycles. The molecule has 1 unspecified atom stereocenters. The average Bonchev–Trinajstić information content (AvgIpc) is 3.20. The molecule has 0 bridgehead atoms. The maximum atomic E-state index is 12.6. The third-order valence-electron chi connectivity index (χ3n) is 5.48. The fourth-order valence-corrected chi connectivity index (χ4v) is 3.61. The van der Waals surface area contributed by atoms with E-state index in [2.05, 4.69) is 48.3 Å². The Morgan fingerprint density at radius 1 is 1.07 bits per heavy atom. The molecule has 1 saturated heterocycles. The van der Waals surface area contributed by atoms with E-state index in [-0.39, 0.29) is 5.91 Å². The lowest BCUT2D eigenvalue weighted by Gasteiger charge is -2.18. The smallest absolute Gasteiger partial charge is 0.261 e. The van der Waals surface area contributed by atoms with Crippen LogP contribution in [0.2, 0.25) is 0 Å². The van der Waals surface area contributed by atoms with Gasteiger partial charge in [0, 0.05) is 13.1 Å². The predicted molar refractivity (Wildman–Crippen MR) is 113 cm³/mol. The molecule has 1 fully saturated rings. The Kier molecular flexibility index (Phi) is 7.10. The van der Waals surface area contributed by atoms with Crippen molar-refractivity contribution < 1.29 is 9.53 Å². The Morgan fingerprint density at radius 3 is 2.54 bits per heavy atom. The lowest BCUT2D eigenvalue weighted by molar-refractivity contribution is -0.128. The van der Waals surface area contributed by atoms with E-state index >= 15 is 0 Å². The lowest BCUT2D eigenvalue weighted by Crippen LogP contribution is -2.37. The van der Waals surface area contributed by atoms with E-state index in [0.717, 1.165) is 17.9 Å². The number of amides is 1. The quantitative estimate of drug-likeness (QED) is 0.739. The molecule has 1 aliphatic heterocycles. The first kappa shape index (κ1) is 20.4. The second-order valence-corrected chi connectivity index (χ2v) is 7.78. The minimum absolute atomic E-state index is 0.0642. The average molecular weight is 381 g/mol. The van der Waals surface area contributed by atoms with Crippen molar-refractivity contribution in [2.75, 3.05) is 13.1 Å². The summed E-state index contributed by atoms with van der Waals surface area (Å²) in [6, 6.07) is 14.5. The molecule has 1 N–H and O–H groups in total. The zero-order valence-electron chi connectivity index (χ0n) is 17.3. The summed E-state index contributed by atoms with van der Waals surface area (Å²) >= 11 is 0. The van der Waals surface area contributed by atoms with Gasteiger partial charge in [0.25, 0.3) is 5.91 Å². The molecule has 3 rings (SSSR count). The molecule has 0 saturated carbocycles. The number of benzene rings is 2. The standard InChI is InChI=1S/C24H32N2O2/c1-4-23(28-22-11-10-18(2)19(3)14-22)24(27)25-16-20-8-7-9-21(15-20)17-26-12-5-6-13-26/h7-11,14-15,23H,4-6,12-13,16-17H2,1-3H3,(H,25,27). The first-order valence-corrected chi connectivity index (χ1v) is 10.4. The van der Waals surface area contributed by atoms with Crippen LogP contribution in [0.4, 0.5) is 0 Å². The highest BCUT2D eigenvalue weighted by molar-refractivity contribution is 5.81. The Bertz CT molecular complexity index is 797. The van der Waals surface area contributed by atoms with Gasteiger partial charge in [0.15, 0.2) is 6.10 Å². The number of carbonyl (C=O) groups excluding carboxylic acids is 1. The number of nitrogens with one attached hydrogen (secondary N) is 1. The molecule has 4 heteroatoms. The number of hydrogen-bond acceptors (Lipinski definition) is 3. The molecule has 0 aromatic heterocycles. The van der Waals surface area contributed by atoms with Crippen LogP contribution in [0, 0.1) is 13.8 Å². The second kappa shape index (κ2) is 9.74. The third-order valence-corrected chi connectivity index (χ3v) is 5.48.